The van der Waals surface area contributed by atoms with Crippen molar-refractivity contribution >= 4 is 5.91 Å². The standard InChI is InChI=1S/C21H35N3O3/c1-22-12-9-18(10-13-22)23(2)21(26)8-5-17-4-3-11-24(14-17)15-19-6-7-20(16-25)27-19/h6-7,17-18,25H,3-5,8-16H2,1-2H3. The monoisotopic (exact) mass is 377 g/mol. The number of aliphatic hydroxyl groups excluding tert-OH is 1. The van der Waals surface area contributed by atoms with Gasteiger partial charge in [-0.15, -0.1) is 0 Å². The van der Waals surface area contributed by atoms with E-state index in [2.05, 4.69) is 16.8 Å². The molecule has 0 spiro atoms. The van der Waals surface area contributed by atoms with Crippen molar-refractivity contribution in [2.75, 3.05) is 40.3 Å². The lowest BCUT2D eigenvalue weighted by Gasteiger charge is -2.36. The summed E-state index contributed by atoms with van der Waals surface area (Å²) >= 11 is 0. The summed E-state index contributed by atoms with van der Waals surface area (Å²) in [6, 6.07) is 4.21. The van der Waals surface area contributed by atoms with E-state index in [9.17, 15) is 4.79 Å². The van der Waals surface area contributed by atoms with Crippen LogP contribution in [0.2, 0.25) is 0 Å². The third-order valence-corrected chi connectivity index (χ3v) is 6.25. The molecular weight excluding hydrogens is 342 g/mol. The van der Waals surface area contributed by atoms with Crippen molar-refractivity contribution in [1.82, 2.24) is 14.7 Å². The van der Waals surface area contributed by atoms with Crippen LogP contribution in [0.5, 0.6) is 0 Å². The first-order valence-corrected chi connectivity index (χ1v) is 10.4. The fourth-order valence-corrected chi connectivity index (χ4v) is 4.43. The normalized spacial score (nSPS) is 22.9. The molecule has 1 atom stereocenters. The molecule has 1 unspecified atom stereocenters. The topological polar surface area (TPSA) is 60.2 Å². The number of carbonyl (C=O) groups is 1. The van der Waals surface area contributed by atoms with Gasteiger partial charge in [-0.1, -0.05) is 0 Å². The molecule has 27 heavy (non-hydrogen) atoms. The molecule has 0 aromatic carbocycles. The molecule has 2 aliphatic rings. The number of likely N-dealkylation sites (tertiary alicyclic amines) is 2. The van der Waals surface area contributed by atoms with Crippen molar-refractivity contribution in [1.29, 1.82) is 0 Å². The summed E-state index contributed by atoms with van der Waals surface area (Å²) in [4.78, 5) is 19.4. The Morgan fingerprint density at radius 3 is 2.67 bits per heavy atom. The molecule has 0 bridgehead atoms. The van der Waals surface area contributed by atoms with Crippen LogP contribution in [0.1, 0.15) is 50.0 Å². The quantitative estimate of drug-likeness (QED) is 0.790. The van der Waals surface area contributed by atoms with Crippen molar-refractivity contribution in [2.45, 2.75) is 57.7 Å². The Morgan fingerprint density at radius 2 is 1.96 bits per heavy atom. The Balaban J connectivity index is 1.41. The van der Waals surface area contributed by atoms with Crippen LogP contribution >= 0.6 is 0 Å². The minimum absolute atomic E-state index is 0.0461. The molecule has 3 heterocycles. The molecule has 152 valence electrons. The van der Waals surface area contributed by atoms with E-state index in [1.54, 1.807) is 0 Å². The second-order valence-electron chi connectivity index (χ2n) is 8.35. The molecule has 1 N–H and O–H groups in total. The third-order valence-electron chi connectivity index (χ3n) is 6.25. The molecular formula is C21H35N3O3. The largest absolute Gasteiger partial charge is 0.462 e. The maximum atomic E-state index is 12.6. The number of nitrogens with zero attached hydrogens (tertiary/aromatic N) is 3. The van der Waals surface area contributed by atoms with E-state index in [-0.39, 0.29) is 6.61 Å². The molecule has 2 saturated heterocycles. The van der Waals surface area contributed by atoms with Crippen molar-refractivity contribution in [2.24, 2.45) is 5.92 Å². The van der Waals surface area contributed by atoms with Crippen molar-refractivity contribution in [3.63, 3.8) is 0 Å². The molecule has 1 aromatic rings. The summed E-state index contributed by atoms with van der Waals surface area (Å²) in [7, 11) is 4.14. The predicted octanol–water partition coefficient (Wildman–Crippen LogP) is 2.32. The number of carbonyl (C=O) groups excluding carboxylic acids is 1. The molecule has 6 heteroatoms. The highest BCUT2D eigenvalue weighted by molar-refractivity contribution is 5.76. The number of hydrogen-bond donors (Lipinski definition) is 1. The molecule has 2 aliphatic heterocycles. The minimum Gasteiger partial charge on any atom is -0.462 e. The van der Waals surface area contributed by atoms with Gasteiger partial charge in [-0.2, -0.15) is 0 Å². The van der Waals surface area contributed by atoms with E-state index in [0.29, 0.717) is 30.0 Å². The van der Waals surface area contributed by atoms with Crippen LogP contribution < -0.4 is 0 Å². The van der Waals surface area contributed by atoms with E-state index >= 15 is 0 Å². The first kappa shape index (κ1) is 20.4. The van der Waals surface area contributed by atoms with Crippen LogP contribution in [-0.4, -0.2) is 72.0 Å². The highest BCUT2D eigenvalue weighted by atomic mass is 16.4. The van der Waals surface area contributed by atoms with Gasteiger partial charge >= 0.3 is 0 Å². The van der Waals surface area contributed by atoms with E-state index in [0.717, 1.165) is 57.7 Å². The molecule has 0 aliphatic carbocycles. The molecule has 0 radical (unpaired) electrons. The predicted molar refractivity (Wildman–Crippen MR) is 105 cm³/mol. The molecule has 3 rings (SSSR count). The highest BCUT2D eigenvalue weighted by Crippen LogP contribution is 2.24. The zero-order valence-corrected chi connectivity index (χ0v) is 16.9. The fourth-order valence-electron chi connectivity index (χ4n) is 4.43. The highest BCUT2D eigenvalue weighted by Gasteiger charge is 2.26. The average Bonchev–Trinajstić information content (AvgIpc) is 3.14. The maximum absolute atomic E-state index is 12.6. The lowest BCUT2D eigenvalue weighted by Crippen LogP contribution is -2.44. The average molecular weight is 378 g/mol. The van der Waals surface area contributed by atoms with Crippen molar-refractivity contribution in [3.05, 3.63) is 23.7 Å². The zero-order chi connectivity index (χ0) is 19.2. The lowest BCUT2D eigenvalue weighted by molar-refractivity contribution is -0.133. The van der Waals surface area contributed by atoms with E-state index < -0.39 is 0 Å². The summed E-state index contributed by atoms with van der Waals surface area (Å²) in [6.07, 6.45) is 6.21. The summed E-state index contributed by atoms with van der Waals surface area (Å²) in [5.41, 5.74) is 0. The first-order valence-electron chi connectivity index (χ1n) is 10.4. The first-order chi connectivity index (χ1) is 13.0. The van der Waals surface area contributed by atoms with Crippen molar-refractivity contribution < 1.29 is 14.3 Å². The second-order valence-corrected chi connectivity index (χ2v) is 8.35. The van der Waals surface area contributed by atoms with E-state index in [4.69, 9.17) is 9.52 Å². The maximum Gasteiger partial charge on any atom is 0.222 e. The Bertz CT molecular complexity index is 595. The van der Waals surface area contributed by atoms with Crippen LogP contribution in [0.15, 0.2) is 16.5 Å². The molecule has 1 aromatic heterocycles. The number of piperidine rings is 2. The molecule has 0 saturated carbocycles. The van der Waals surface area contributed by atoms with Gasteiger partial charge in [-0.3, -0.25) is 9.69 Å². The van der Waals surface area contributed by atoms with Crippen LogP contribution in [0.3, 0.4) is 0 Å². The van der Waals surface area contributed by atoms with Gasteiger partial charge < -0.3 is 19.3 Å². The number of amides is 1. The van der Waals surface area contributed by atoms with Gasteiger partial charge in [-0.05, 0) is 76.8 Å². The molecule has 2 fully saturated rings. The Morgan fingerprint density at radius 1 is 1.22 bits per heavy atom. The van der Waals surface area contributed by atoms with Gasteiger partial charge in [0.15, 0.2) is 0 Å². The van der Waals surface area contributed by atoms with Crippen LogP contribution in [-0.2, 0) is 17.9 Å². The second kappa shape index (κ2) is 9.71. The van der Waals surface area contributed by atoms with Crippen LogP contribution in [0, 0.1) is 5.92 Å². The zero-order valence-electron chi connectivity index (χ0n) is 16.9. The number of hydrogen-bond acceptors (Lipinski definition) is 5. The minimum atomic E-state index is -0.0461. The lowest BCUT2D eigenvalue weighted by atomic mass is 9.92. The summed E-state index contributed by atoms with van der Waals surface area (Å²) < 4.78 is 5.62. The molecule has 1 amide bonds. The van der Waals surface area contributed by atoms with E-state index in [1.165, 1.54) is 12.8 Å². The van der Waals surface area contributed by atoms with Gasteiger partial charge in [-0.25, -0.2) is 0 Å². The Labute approximate surface area is 163 Å². The summed E-state index contributed by atoms with van der Waals surface area (Å²) in [5, 5.41) is 9.13. The molecule has 6 nitrogen and oxygen atoms in total. The van der Waals surface area contributed by atoms with E-state index in [1.807, 2.05) is 24.1 Å². The SMILES string of the molecule is CN1CCC(N(C)C(=O)CCC2CCCN(Cc3ccc(CO)o3)C2)CC1. The van der Waals surface area contributed by atoms with Crippen LogP contribution in [0.4, 0.5) is 0 Å². The smallest absolute Gasteiger partial charge is 0.222 e. The Kier molecular flexibility index (Phi) is 7.33. The van der Waals surface area contributed by atoms with Gasteiger partial charge in [0.2, 0.25) is 5.91 Å². The summed E-state index contributed by atoms with van der Waals surface area (Å²) in [5.74, 6) is 2.43. The van der Waals surface area contributed by atoms with Gasteiger partial charge in [0.25, 0.3) is 0 Å². The number of aliphatic hydroxyl groups is 1. The number of rotatable bonds is 7. The van der Waals surface area contributed by atoms with Crippen LogP contribution in [0.25, 0.3) is 0 Å². The Hall–Kier alpha value is -1.37. The van der Waals surface area contributed by atoms with Crippen molar-refractivity contribution in [3.8, 4) is 0 Å². The van der Waals surface area contributed by atoms with Gasteiger partial charge in [0.1, 0.15) is 18.1 Å². The number of furan rings is 1. The van der Waals surface area contributed by atoms with Gasteiger partial charge in [0.05, 0.1) is 6.54 Å². The summed E-state index contributed by atoms with van der Waals surface area (Å²) in [6.45, 7) is 5.03. The fraction of sp³-hybridized carbons (Fsp3) is 0.762. The third kappa shape index (κ3) is 5.80. The van der Waals surface area contributed by atoms with Gasteiger partial charge in [0, 0.05) is 26.1 Å².